The average Bonchev–Trinajstić information content (AvgIpc) is 2.87. The first kappa shape index (κ1) is 15.1. The Kier molecular flexibility index (Phi) is 6.15. The number of aromatic nitrogens is 2. The minimum atomic E-state index is 0.965. The van der Waals surface area contributed by atoms with Gasteiger partial charge in [0, 0.05) is 36.1 Å². The van der Waals surface area contributed by atoms with Gasteiger partial charge in [0.15, 0.2) is 0 Å². The number of aryl methyl sites for hydroxylation is 2. The molecule has 1 N–H and O–H groups in total. The van der Waals surface area contributed by atoms with Crippen LogP contribution in [-0.2, 0) is 13.1 Å². The molecule has 0 unspecified atom stereocenters. The highest BCUT2D eigenvalue weighted by Crippen LogP contribution is 2.19. The van der Waals surface area contributed by atoms with Gasteiger partial charge in [-0.2, -0.15) is 0 Å². The lowest BCUT2D eigenvalue weighted by Gasteiger charge is -2.07. The predicted molar refractivity (Wildman–Crippen MR) is 86.1 cm³/mol. The number of rotatable bonds is 8. The molecular formula is C16H23N3S. The van der Waals surface area contributed by atoms with Crippen molar-refractivity contribution < 1.29 is 0 Å². The van der Waals surface area contributed by atoms with Crippen LogP contribution in [0.15, 0.2) is 41.6 Å². The van der Waals surface area contributed by atoms with Crippen molar-refractivity contribution in [3.63, 3.8) is 0 Å². The van der Waals surface area contributed by atoms with E-state index < -0.39 is 0 Å². The van der Waals surface area contributed by atoms with Crippen LogP contribution < -0.4 is 5.32 Å². The Balaban J connectivity index is 1.74. The van der Waals surface area contributed by atoms with E-state index in [0.717, 1.165) is 31.2 Å². The highest BCUT2D eigenvalue weighted by atomic mass is 32.2. The fraction of sp³-hybridized carbons (Fsp3) is 0.438. The third-order valence-corrected chi connectivity index (χ3v) is 4.20. The fourth-order valence-electron chi connectivity index (χ4n) is 2.01. The molecule has 20 heavy (non-hydrogen) atoms. The second-order valence-corrected chi connectivity index (χ2v) is 6.01. The van der Waals surface area contributed by atoms with Gasteiger partial charge in [-0.1, -0.05) is 19.1 Å². The quantitative estimate of drug-likeness (QED) is 0.596. The third kappa shape index (κ3) is 4.69. The van der Waals surface area contributed by atoms with Crippen LogP contribution in [-0.4, -0.2) is 21.8 Å². The van der Waals surface area contributed by atoms with Crippen molar-refractivity contribution in [3.8, 4) is 0 Å². The van der Waals surface area contributed by atoms with Crippen LogP contribution in [0.5, 0.6) is 0 Å². The number of imidazole rings is 1. The van der Waals surface area contributed by atoms with Crippen LogP contribution >= 0.6 is 11.8 Å². The molecule has 0 bridgehead atoms. The molecule has 1 heterocycles. The predicted octanol–water partition coefficient (Wildman–Crippen LogP) is 3.48. The monoisotopic (exact) mass is 289 g/mol. The Hall–Kier alpha value is -1.26. The zero-order valence-electron chi connectivity index (χ0n) is 12.3. The Morgan fingerprint density at radius 3 is 2.70 bits per heavy atom. The minimum absolute atomic E-state index is 0.965. The highest BCUT2D eigenvalue weighted by molar-refractivity contribution is 7.99. The molecule has 2 rings (SSSR count). The summed E-state index contributed by atoms with van der Waals surface area (Å²) >= 11 is 1.90. The first-order valence-electron chi connectivity index (χ1n) is 7.20. The largest absolute Gasteiger partial charge is 0.334 e. The maximum absolute atomic E-state index is 4.24. The fourth-order valence-corrected chi connectivity index (χ4v) is 2.87. The summed E-state index contributed by atoms with van der Waals surface area (Å²) in [6, 6.07) is 8.86. The van der Waals surface area contributed by atoms with E-state index >= 15 is 0 Å². The van der Waals surface area contributed by atoms with Gasteiger partial charge in [0.1, 0.15) is 5.82 Å². The van der Waals surface area contributed by atoms with Gasteiger partial charge in [-0.3, -0.25) is 0 Å². The van der Waals surface area contributed by atoms with E-state index in [-0.39, 0.29) is 0 Å². The Labute approximate surface area is 125 Å². The summed E-state index contributed by atoms with van der Waals surface area (Å²) in [7, 11) is 0. The SMILES string of the molecule is CCCNCc1ccc(SCCn2ccnc2C)cc1. The van der Waals surface area contributed by atoms with Gasteiger partial charge in [0.2, 0.25) is 0 Å². The summed E-state index contributed by atoms with van der Waals surface area (Å²) in [5.74, 6) is 2.16. The molecule has 0 aliphatic rings. The van der Waals surface area contributed by atoms with Gasteiger partial charge in [-0.15, -0.1) is 11.8 Å². The summed E-state index contributed by atoms with van der Waals surface area (Å²) in [6.07, 6.45) is 5.08. The van der Waals surface area contributed by atoms with Crippen LogP contribution in [0.2, 0.25) is 0 Å². The Bertz CT molecular complexity index is 505. The maximum Gasteiger partial charge on any atom is 0.105 e. The average molecular weight is 289 g/mol. The van der Waals surface area contributed by atoms with Crippen molar-refractivity contribution in [2.24, 2.45) is 0 Å². The Morgan fingerprint density at radius 2 is 2.05 bits per heavy atom. The second-order valence-electron chi connectivity index (χ2n) is 4.84. The molecule has 0 fully saturated rings. The summed E-state index contributed by atoms with van der Waals surface area (Å²) in [5.41, 5.74) is 1.35. The summed E-state index contributed by atoms with van der Waals surface area (Å²) in [4.78, 5) is 5.57. The Morgan fingerprint density at radius 1 is 1.25 bits per heavy atom. The molecule has 4 heteroatoms. The van der Waals surface area contributed by atoms with Crippen LogP contribution in [0.3, 0.4) is 0 Å². The summed E-state index contributed by atoms with van der Waals surface area (Å²) in [5, 5.41) is 3.42. The van der Waals surface area contributed by atoms with Gasteiger partial charge >= 0.3 is 0 Å². The van der Waals surface area contributed by atoms with Crippen molar-refractivity contribution in [3.05, 3.63) is 48.0 Å². The maximum atomic E-state index is 4.24. The number of benzene rings is 1. The van der Waals surface area contributed by atoms with Gasteiger partial charge in [-0.05, 0) is 37.6 Å². The van der Waals surface area contributed by atoms with Crippen molar-refractivity contribution >= 4 is 11.8 Å². The third-order valence-electron chi connectivity index (χ3n) is 3.20. The van der Waals surface area contributed by atoms with Gasteiger partial charge < -0.3 is 9.88 Å². The van der Waals surface area contributed by atoms with Gasteiger partial charge in [-0.25, -0.2) is 4.98 Å². The first-order valence-corrected chi connectivity index (χ1v) is 8.18. The molecular weight excluding hydrogens is 266 g/mol. The standard InChI is InChI=1S/C16H23N3S/c1-3-8-17-13-15-4-6-16(7-5-15)20-12-11-19-10-9-18-14(19)2/h4-7,9-10,17H,3,8,11-13H2,1-2H3. The lowest BCUT2D eigenvalue weighted by Crippen LogP contribution is -2.13. The van der Waals surface area contributed by atoms with Crippen molar-refractivity contribution in [2.75, 3.05) is 12.3 Å². The van der Waals surface area contributed by atoms with E-state index in [4.69, 9.17) is 0 Å². The minimum Gasteiger partial charge on any atom is -0.334 e. The number of nitrogens with zero attached hydrogens (tertiary/aromatic N) is 2. The molecule has 3 nitrogen and oxygen atoms in total. The van der Waals surface area contributed by atoms with E-state index in [1.165, 1.54) is 16.9 Å². The van der Waals surface area contributed by atoms with Crippen LogP contribution in [0.1, 0.15) is 24.7 Å². The smallest absolute Gasteiger partial charge is 0.105 e. The van der Waals surface area contributed by atoms with Crippen molar-refractivity contribution in [1.29, 1.82) is 0 Å². The second kappa shape index (κ2) is 8.12. The molecule has 0 amide bonds. The van der Waals surface area contributed by atoms with Crippen LogP contribution in [0, 0.1) is 6.92 Å². The van der Waals surface area contributed by atoms with Crippen LogP contribution in [0.25, 0.3) is 0 Å². The molecule has 0 saturated carbocycles. The number of nitrogens with one attached hydrogen (secondary N) is 1. The van der Waals surface area contributed by atoms with Gasteiger partial charge in [0.05, 0.1) is 0 Å². The summed E-state index contributed by atoms with van der Waals surface area (Å²) in [6.45, 7) is 7.29. The van der Waals surface area contributed by atoms with E-state index in [1.807, 2.05) is 31.1 Å². The summed E-state index contributed by atoms with van der Waals surface area (Å²) < 4.78 is 2.19. The molecule has 108 valence electrons. The highest BCUT2D eigenvalue weighted by Gasteiger charge is 1.99. The van der Waals surface area contributed by atoms with Crippen molar-refractivity contribution in [2.45, 2.75) is 38.3 Å². The number of hydrogen-bond acceptors (Lipinski definition) is 3. The first-order chi connectivity index (χ1) is 9.79. The molecule has 0 spiro atoms. The molecule has 0 saturated heterocycles. The van der Waals surface area contributed by atoms with Crippen molar-refractivity contribution in [1.82, 2.24) is 14.9 Å². The normalized spacial score (nSPS) is 10.9. The molecule has 0 atom stereocenters. The van der Waals surface area contributed by atoms with E-state index in [1.54, 1.807) is 0 Å². The molecule has 0 aliphatic heterocycles. The lowest BCUT2D eigenvalue weighted by atomic mass is 10.2. The van der Waals surface area contributed by atoms with Crippen LogP contribution in [0.4, 0.5) is 0 Å². The van der Waals surface area contributed by atoms with E-state index in [9.17, 15) is 0 Å². The zero-order chi connectivity index (χ0) is 14.2. The number of hydrogen-bond donors (Lipinski definition) is 1. The molecule has 2 aromatic rings. The van der Waals surface area contributed by atoms with Gasteiger partial charge in [0.25, 0.3) is 0 Å². The molecule has 1 aromatic carbocycles. The molecule has 0 aliphatic carbocycles. The molecule has 0 radical (unpaired) electrons. The molecule has 1 aromatic heterocycles. The lowest BCUT2D eigenvalue weighted by molar-refractivity contribution is 0.675. The van der Waals surface area contributed by atoms with E-state index in [2.05, 4.69) is 46.1 Å². The van der Waals surface area contributed by atoms with E-state index in [0.29, 0.717) is 0 Å². The zero-order valence-corrected chi connectivity index (χ0v) is 13.1. The number of thioether (sulfide) groups is 1. The topological polar surface area (TPSA) is 29.9 Å².